The van der Waals surface area contributed by atoms with E-state index in [1.165, 1.54) is 0 Å². The summed E-state index contributed by atoms with van der Waals surface area (Å²) in [6, 6.07) is 15.8. The van der Waals surface area contributed by atoms with Crippen molar-refractivity contribution in [2.75, 3.05) is 46.3 Å². The molecule has 0 spiro atoms. The van der Waals surface area contributed by atoms with Crippen LogP contribution in [0.4, 0.5) is 0 Å². The minimum Gasteiger partial charge on any atom is -0.362 e. The van der Waals surface area contributed by atoms with E-state index in [1.54, 1.807) is 0 Å². The first-order valence-electron chi connectivity index (χ1n) is 12.4. The standard InChI is InChI=1S/C27H34Cl2N4OS.2ClH/c1-31(26(34)20-6-3-2-4-7-20)19-22(21-8-9-24(28)25(29)18-21)10-15-32-16-11-23(12-17-32)33-14-5-13-30-27(33)35;;/h2-4,6-9,18,22-23H,5,10-17,19H2,1H3,(H,30,35);2*1H/t22-;;/m1../s1. The molecule has 0 aromatic heterocycles. The van der Waals surface area contributed by atoms with Crippen LogP contribution in [0.1, 0.15) is 47.5 Å². The maximum atomic E-state index is 13.0. The third-order valence-corrected chi connectivity index (χ3v) is 8.30. The highest BCUT2D eigenvalue weighted by molar-refractivity contribution is 7.80. The Morgan fingerprint density at radius 3 is 2.43 bits per heavy atom. The third kappa shape index (κ3) is 8.61. The van der Waals surface area contributed by atoms with Crippen LogP contribution in [-0.2, 0) is 0 Å². The van der Waals surface area contributed by atoms with Gasteiger partial charge >= 0.3 is 0 Å². The third-order valence-electron chi connectivity index (χ3n) is 7.18. The first-order valence-corrected chi connectivity index (χ1v) is 13.6. The van der Waals surface area contributed by atoms with Crippen LogP contribution in [0.25, 0.3) is 0 Å². The van der Waals surface area contributed by atoms with E-state index in [1.807, 2.05) is 60.5 Å². The highest BCUT2D eigenvalue weighted by atomic mass is 35.5. The predicted molar refractivity (Wildman–Crippen MR) is 163 cm³/mol. The molecular weight excluding hydrogens is 570 g/mol. The van der Waals surface area contributed by atoms with Gasteiger partial charge in [-0.25, -0.2) is 0 Å². The fourth-order valence-corrected chi connectivity index (χ4v) is 5.78. The normalized spacial score (nSPS) is 17.3. The monoisotopic (exact) mass is 604 g/mol. The zero-order valence-corrected chi connectivity index (χ0v) is 25.0. The Bertz CT molecular complexity index is 1020. The molecule has 5 nitrogen and oxygen atoms in total. The topological polar surface area (TPSA) is 38.8 Å². The maximum absolute atomic E-state index is 13.0. The molecule has 2 saturated heterocycles. The molecule has 10 heteroatoms. The van der Waals surface area contributed by atoms with Crippen molar-refractivity contribution in [1.29, 1.82) is 0 Å². The quantitative estimate of drug-likeness (QED) is 0.367. The lowest BCUT2D eigenvalue weighted by molar-refractivity contribution is 0.0780. The van der Waals surface area contributed by atoms with Crippen LogP contribution < -0.4 is 5.32 Å². The number of benzene rings is 2. The maximum Gasteiger partial charge on any atom is 0.253 e. The van der Waals surface area contributed by atoms with Gasteiger partial charge in [0.25, 0.3) is 5.91 Å². The Morgan fingerprint density at radius 2 is 1.78 bits per heavy atom. The summed E-state index contributed by atoms with van der Waals surface area (Å²) in [7, 11) is 1.88. The SMILES string of the molecule is CN(C[C@@H](CCN1CCC(N2CCCNC2=S)CC1)c1ccc(Cl)c(Cl)c1)C(=O)c1ccccc1.Cl.Cl. The number of likely N-dealkylation sites (N-methyl/N-ethyl adjacent to an activating group) is 1. The van der Waals surface area contributed by atoms with Gasteiger partial charge in [-0.15, -0.1) is 24.8 Å². The number of rotatable bonds is 8. The molecule has 0 unspecified atom stereocenters. The second-order valence-electron chi connectivity index (χ2n) is 9.56. The van der Waals surface area contributed by atoms with Gasteiger partial charge in [0.15, 0.2) is 5.11 Å². The molecule has 37 heavy (non-hydrogen) atoms. The summed E-state index contributed by atoms with van der Waals surface area (Å²) in [5.74, 6) is 0.196. The molecular formula is C27H36Cl4N4OS. The molecule has 204 valence electrons. The van der Waals surface area contributed by atoms with E-state index in [4.69, 9.17) is 35.4 Å². The number of halogens is 4. The summed E-state index contributed by atoms with van der Waals surface area (Å²) < 4.78 is 0. The molecule has 1 N–H and O–H groups in total. The van der Waals surface area contributed by atoms with E-state index in [-0.39, 0.29) is 36.6 Å². The van der Waals surface area contributed by atoms with Gasteiger partial charge in [-0.1, -0.05) is 47.5 Å². The van der Waals surface area contributed by atoms with Crippen molar-refractivity contribution in [3.63, 3.8) is 0 Å². The number of nitrogens with zero attached hydrogens (tertiary/aromatic N) is 3. The Kier molecular flexibility index (Phi) is 13.2. The van der Waals surface area contributed by atoms with Gasteiger partial charge in [-0.2, -0.15) is 0 Å². The number of carbonyl (C=O) groups is 1. The van der Waals surface area contributed by atoms with Gasteiger partial charge in [0, 0.05) is 57.3 Å². The van der Waals surface area contributed by atoms with Gasteiger partial charge in [0.1, 0.15) is 0 Å². The summed E-state index contributed by atoms with van der Waals surface area (Å²) in [6.45, 7) is 5.79. The number of amides is 1. The smallest absolute Gasteiger partial charge is 0.253 e. The molecule has 2 heterocycles. The number of thiocarbonyl (C=S) groups is 1. The largest absolute Gasteiger partial charge is 0.362 e. The number of piperidine rings is 1. The van der Waals surface area contributed by atoms with E-state index in [0.29, 0.717) is 28.2 Å². The fraction of sp³-hybridized carbons (Fsp3) is 0.481. The molecule has 4 rings (SSSR count). The van der Waals surface area contributed by atoms with Crippen LogP contribution in [0.3, 0.4) is 0 Å². The predicted octanol–water partition coefficient (Wildman–Crippen LogP) is 6.13. The molecule has 2 aromatic carbocycles. The Morgan fingerprint density at radius 1 is 1.08 bits per heavy atom. The van der Waals surface area contributed by atoms with Crippen LogP contribution in [0.5, 0.6) is 0 Å². The Labute approximate surface area is 248 Å². The summed E-state index contributed by atoms with van der Waals surface area (Å²) in [5.41, 5.74) is 1.82. The minimum absolute atomic E-state index is 0. The second-order valence-corrected chi connectivity index (χ2v) is 10.8. The van der Waals surface area contributed by atoms with Crippen molar-refractivity contribution in [3.05, 3.63) is 69.7 Å². The lowest BCUT2D eigenvalue weighted by Crippen LogP contribution is -2.54. The van der Waals surface area contributed by atoms with Crippen molar-refractivity contribution >= 4 is 71.3 Å². The van der Waals surface area contributed by atoms with E-state index >= 15 is 0 Å². The molecule has 2 aliphatic rings. The zero-order valence-electron chi connectivity index (χ0n) is 21.1. The Hall–Kier alpha value is -1.28. The highest BCUT2D eigenvalue weighted by Crippen LogP contribution is 2.30. The van der Waals surface area contributed by atoms with Crippen LogP contribution >= 0.6 is 60.2 Å². The second kappa shape index (κ2) is 15.3. The van der Waals surface area contributed by atoms with Crippen molar-refractivity contribution in [3.8, 4) is 0 Å². The van der Waals surface area contributed by atoms with E-state index in [2.05, 4.69) is 15.1 Å². The van der Waals surface area contributed by atoms with E-state index in [9.17, 15) is 4.79 Å². The molecule has 1 amide bonds. The molecule has 2 aliphatic heterocycles. The first kappa shape index (κ1) is 31.9. The summed E-state index contributed by atoms with van der Waals surface area (Å²) in [6.07, 6.45) is 4.36. The summed E-state index contributed by atoms with van der Waals surface area (Å²) in [4.78, 5) is 19.7. The average Bonchev–Trinajstić information content (AvgIpc) is 2.89. The van der Waals surface area contributed by atoms with Gasteiger partial charge < -0.3 is 20.0 Å². The van der Waals surface area contributed by atoms with Gasteiger partial charge in [-0.05, 0) is 74.3 Å². The number of nitrogens with one attached hydrogen (secondary N) is 1. The van der Waals surface area contributed by atoms with Gasteiger partial charge in [0.05, 0.1) is 10.0 Å². The van der Waals surface area contributed by atoms with E-state index < -0.39 is 0 Å². The van der Waals surface area contributed by atoms with Gasteiger partial charge in [-0.3, -0.25) is 4.79 Å². The number of hydrogen-bond donors (Lipinski definition) is 1. The minimum atomic E-state index is 0. The highest BCUT2D eigenvalue weighted by Gasteiger charge is 2.28. The van der Waals surface area contributed by atoms with Crippen molar-refractivity contribution < 1.29 is 4.79 Å². The molecule has 2 aromatic rings. The fourth-order valence-electron chi connectivity index (χ4n) is 5.13. The molecule has 0 saturated carbocycles. The molecule has 0 bridgehead atoms. The van der Waals surface area contributed by atoms with Crippen LogP contribution in [0, 0.1) is 0 Å². The van der Waals surface area contributed by atoms with Crippen LogP contribution in [-0.4, -0.2) is 78.1 Å². The lowest BCUT2D eigenvalue weighted by atomic mass is 9.93. The van der Waals surface area contributed by atoms with Crippen molar-refractivity contribution in [2.24, 2.45) is 0 Å². The number of hydrogen-bond acceptors (Lipinski definition) is 3. The molecule has 1 atom stereocenters. The van der Waals surface area contributed by atoms with Crippen LogP contribution in [0.2, 0.25) is 10.0 Å². The summed E-state index contributed by atoms with van der Waals surface area (Å²) in [5, 5.41) is 5.36. The molecule has 0 radical (unpaired) electrons. The number of carbonyl (C=O) groups excluding carboxylic acids is 1. The Balaban J connectivity index is 0.00000241. The number of likely N-dealkylation sites (tertiary alicyclic amines) is 1. The summed E-state index contributed by atoms with van der Waals surface area (Å²) >= 11 is 18.1. The lowest BCUT2D eigenvalue weighted by Gasteiger charge is -2.42. The zero-order chi connectivity index (χ0) is 24.8. The molecule has 2 fully saturated rings. The van der Waals surface area contributed by atoms with Crippen molar-refractivity contribution in [2.45, 2.75) is 37.6 Å². The van der Waals surface area contributed by atoms with Gasteiger partial charge in [0.2, 0.25) is 0 Å². The molecule has 0 aliphatic carbocycles. The van der Waals surface area contributed by atoms with Crippen molar-refractivity contribution in [1.82, 2.24) is 20.0 Å². The average molecular weight is 606 g/mol. The van der Waals surface area contributed by atoms with Crippen LogP contribution in [0.15, 0.2) is 48.5 Å². The van der Waals surface area contributed by atoms with E-state index in [0.717, 1.165) is 69.1 Å². The first-order chi connectivity index (χ1) is 16.9.